The minimum atomic E-state index is -0.763. The fourth-order valence-corrected chi connectivity index (χ4v) is 1.01. The van der Waals surface area contributed by atoms with Gasteiger partial charge >= 0.3 is 5.97 Å². The van der Waals surface area contributed by atoms with Crippen molar-refractivity contribution in [3.05, 3.63) is 12.2 Å². The fraction of sp³-hybridized carbons (Fsp3) is 0.444. The highest BCUT2D eigenvalue weighted by molar-refractivity contribution is 6.03. The highest BCUT2D eigenvalue weighted by atomic mass is 16.7. The average molecular weight is 197 g/mol. The van der Waals surface area contributed by atoms with Gasteiger partial charge in [0.2, 0.25) is 0 Å². The zero-order valence-electron chi connectivity index (χ0n) is 8.07. The van der Waals surface area contributed by atoms with Crippen molar-refractivity contribution in [2.45, 2.75) is 20.3 Å². The second kappa shape index (κ2) is 3.61. The van der Waals surface area contributed by atoms with E-state index in [1.807, 2.05) is 0 Å². The molecule has 0 aromatic carbocycles. The Hall–Kier alpha value is -1.65. The molecule has 14 heavy (non-hydrogen) atoms. The van der Waals surface area contributed by atoms with Gasteiger partial charge in [0.25, 0.3) is 11.8 Å². The van der Waals surface area contributed by atoms with E-state index in [-0.39, 0.29) is 12.0 Å². The first-order valence-corrected chi connectivity index (χ1v) is 4.18. The van der Waals surface area contributed by atoms with Crippen LogP contribution in [-0.2, 0) is 19.2 Å². The predicted octanol–water partition coefficient (Wildman–Crippen LogP) is 0.416. The number of amides is 2. The number of rotatable bonds is 2. The number of imide groups is 1. The molecule has 1 heterocycles. The Morgan fingerprint density at radius 2 is 2.14 bits per heavy atom. The largest absolute Gasteiger partial charge is 0.359 e. The molecule has 0 aliphatic carbocycles. The second-order valence-corrected chi connectivity index (χ2v) is 3.29. The predicted molar refractivity (Wildman–Crippen MR) is 46.5 cm³/mol. The van der Waals surface area contributed by atoms with E-state index in [0.717, 1.165) is 0 Å². The van der Waals surface area contributed by atoms with Crippen molar-refractivity contribution in [3.8, 4) is 0 Å². The zero-order valence-corrected chi connectivity index (χ0v) is 8.07. The minimum Gasteiger partial charge on any atom is -0.325 e. The van der Waals surface area contributed by atoms with Gasteiger partial charge in [-0.25, -0.2) is 4.79 Å². The highest BCUT2D eigenvalue weighted by Gasteiger charge is 2.38. The van der Waals surface area contributed by atoms with E-state index in [1.165, 1.54) is 6.92 Å². The molecule has 1 aliphatic heterocycles. The molecule has 5 nitrogen and oxygen atoms in total. The van der Waals surface area contributed by atoms with Crippen LogP contribution in [0.15, 0.2) is 12.2 Å². The van der Waals surface area contributed by atoms with Gasteiger partial charge in [0.15, 0.2) is 0 Å². The summed E-state index contributed by atoms with van der Waals surface area (Å²) >= 11 is 0. The van der Waals surface area contributed by atoms with Crippen LogP contribution in [0.5, 0.6) is 0 Å². The third-order valence-electron chi connectivity index (χ3n) is 1.85. The molecule has 1 aliphatic rings. The summed E-state index contributed by atoms with van der Waals surface area (Å²) in [5, 5.41) is 0.516. The molecule has 1 atom stereocenters. The Morgan fingerprint density at radius 1 is 1.57 bits per heavy atom. The molecule has 2 amide bonds. The first-order chi connectivity index (χ1) is 6.43. The van der Waals surface area contributed by atoms with Gasteiger partial charge < -0.3 is 4.84 Å². The third-order valence-corrected chi connectivity index (χ3v) is 1.85. The first kappa shape index (κ1) is 10.4. The van der Waals surface area contributed by atoms with Gasteiger partial charge in [0.1, 0.15) is 0 Å². The molecular weight excluding hydrogens is 186 g/mol. The topological polar surface area (TPSA) is 63.7 Å². The Morgan fingerprint density at radius 3 is 2.50 bits per heavy atom. The van der Waals surface area contributed by atoms with Crippen LogP contribution < -0.4 is 0 Å². The second-order valence-electron chi connectivity index (χ2n) is 3.29. The van der Waals surface area contributed by atoms with E-state index in [1.54, 1.807) is 6.92 Å². The average Bonchev–Trinajstić information content (AvgIpc) is 2.32. The van der Waals surface area contributed by atoms with Gasteiger partial charge in [-0.15, -0.1) is 5.06 Å². The maximum Gasteiger partial charge on any atom is 0.359 e. The van der Waals surface area contributed by atoms with Crippen molar-refractivity contribution in [1.82, 2.24) is 5.06 Å². The van der Waals surface area contributed by atoms with E-state index in [0.29, 0.717) is 5.06 Å². The van der Waals surface area contributed by atoms with Crippen LogP contribution in [0, 0.1) is 5.92 Å². The summed E-state index contributed by atoms with van der Waals surface area (Å²) in [5.41, 5.74) is 0.144. The summed E-state index contributed by atoms with van der Waals surface area (Å²) in [7, 11) is 0. The molecule has 1 fully saturated rings. The van der Waals surface area contributed by atoms with Crippen molar-refractivity contribution in [2.75, 3.05) is 0 Å². The van der Waals surface area contributed by atoms with E-state index < -0.39 is 23.7 Å². The van der Waals surface area contributed by atoms with Crippen LogP contribution in [0.4, 0.5) is 0 Å². The van der Waals surface area contributed by atoms with Crippen LogP contribution >= 0.6 is 0 Å². The molecular formula is C9H11NO4. The normalized spacial score (nSPS) is 21.3. The maximum absolute atomic E-state index is 11.3. The van der Waals surface area contributed by atoms with Crippen molar-refractivity contribution < 1.29 is 19.2 Å². The van der Waals surface area contributed by atoms with Crippen LogP contribution in [0.2, 0.25) is 0 Å². The van der Waals surface area contributed by atoms with Crippen molar-refractivity contribution in [1.29, 1.82) is 0 Å². The fourth-order valence-electron chi connectivity index (χ4n) is 1.01. The number of nitrogens with zero attached hydrogens (tertiary/aromatic N) is 1. The van der Waals surface area contributed by atoms with Crippen molar-refractivity contribution in [3.63, 3.8) is 0 Å². The Labute approximate surface area is 81.3 Å². The lowest BCUT2D eigenvalue weighted by Crippen LogP contribution is -2.33. The van der Waals surface area contributed by atoms with Gasteiger partial charge in [0.05, 0.1) is 0 Å². The number of hydrogen-bond donors (Lipinski definition) is 0. The molecule has 0 bridgehead atoms. The molecule has 1 unspecified atom stereocenters. The molecule has 0 N–H and O–H groups in total. The Kier molecular flexibility index (Phi) is 2.69. The van der Waals surface area contributed by atoms with Crippen LogP contribution in [-0.4, -0.2) is 22.8 Å². The molecule has 1 saturated heterocycles. The molecule has 0 radical (unpaired) electrons. The Bertz CT molecular complexity index is 321. The molecule has 0 spiro atoms. The van der Waals surface area contributed by atoms with Crippen molar-refractivity contribution >= 4 is 17.8 Å². The molecule has 0 aromatic heterocycles. The van der Waals surface area contributed by atoms with Gasteiger partial charge in [-0.1, -0.05) is 13.5 Å². The summed E-state index contributed by atoms with van der Waals surface area (Å²) in [6.07, 6.45) is 0.0856. The SMILES string of the molecule is C=C(C)C(=O)ON1C(=O)CC(C)C1=O. The van der Waals surface area contributed by atoms with Gasteiger partial charge in [0, 0.05) is 17.9 Å². The van der Waals surface area contributed by atoms with E-state index in [4.69, 9.17) is 0 Å². The van der Waals surface area contributed by atoms with E-state index in [9.17, 15) is 14.4 Å². The van der Waals surface area contributed by atoms with Gasteiger partial charge in [-0.05, 0) is 6.92 Å². The summed E-state index contributed by atoms with van der Waals surface area (Å²) in [5.74, 6) is -2.15. The molecule has 1 rings (SSSR count). The standard InChI is InChI=1S/C9H11NO4/c1-5(2)9(13)14-10-7(11)4-6(3)8(10)12/h6H,1,4H2,2-3H3. The summed E-state index contributed by atoms with van der Waals surface area (Å²) in [6.45, 7) is 6.39. The van der Waals surface area contributed by atoms with E-state index in [2.05, 4.69) is 11.4 Å². The number of carbonyl (C=O) groups excluding carboxylic acids is 3. The van der Waals surface area contributed by atoms with Crippen LogP contribution in [0.25, 0.3) is 0 Å². The van der Waals surface area contributed by atoms with Gasteiger partial charge in [-0.3, -0.25) is 9.59 Å². The lowest BCUT2D eigenvalue weighted by Gasteiger charge is -2.12. The first-order valence-electron chi connectivity index (χ1n) is 4.18. The van der Waals surface area contributed by atoms with E-state index >= 15 is 0 Å². The molecule has 76 valence electrons. The number of hydrogen-bond acceptors (Lipinski definition) is 4. The van der Waals surface area contributed by atoms with Crippen LogP contribution in [0.3, 0.4) is 0 Å². The van der Waals surface area contributed by atoms with Crippen molar-refractivity contribution in [2.24, 2.45) is 5.92 Å². The molecule has 0 aromatic rings. The van der Waals surface area contributed by atoms with Crippen LogP contribution in [0.1, 0.15) is 20.3 Å². The smallest absolute Gasteiger partial charge is 0.325 e. The zero-order chi connectivity index (χ0) is 10.9. The number of carbonyl (C=O) groups is 3. The summed E-state index contributed by atoms with van der Waals surface area (Å²) in [6, 6.07) is 0. The summed E-state index contributed by atoms with van der Waals surface area (Å²) in [4.78, 5) is 38.0. The summed E-state index contributed by atoms with van der Waals surface area (Å²) < 4.78 is 0. The molecule has 0 saturated carbocycles. The van der Waals surface area contributed by atoms with Gasteiger partial charge in [-0.2, -0.15) is 0 Å². The third kappa shape index (κ3) is 1.81. The quantitative estimate of drug-likeness (QED) is 0.475. The lowest BCUT2D eigenvalue weighted by molar-refractivity contribution is -0.195. The molecule has 5 heteroatoms. The minimum absolute atomic E-state index is 0.0856. The lowest BCUT2D eigenvalue weighted by atomic mass is 10.1. The highest BCUT2D eigenvalue weighted by Crippen LogP contribution is 2.19. The Balaban J connectivity index is 2.70. The maximum atomic E-state index is 11.3. The number of hydroxylamine groups is 2. The monoisotopic (exact) mass is 197 g/mol.